The second kappa shape index (κ2) is 7.66. The van der Waals surface area contributed by atoms with E-state index in [-0.39, 0.29) is 10.9 Å². The summed E-state index contributed by atoms with van der Waals surface area (Å²) in [7, 11) is 1.21. The molecule has 0 unspecified atom stereocenters. The van der Waals surface area contributed by atoms with E-state index in [1.165, 1.54) is 7.05 Å². The SMILES string of the molecule is Cc1ccc(-n2nc(C)cc2NC(=O)CSc2nnc(C(F)(F)F)n2C)cc1. The van der Waals surface area contributed by atoms with Crippen LogP contribution in [0.3, 0.4) is 0 Å². The van der Waals surface area contributed by atoms with Gasteiger partial charge in [0.1, 0.15) is 5.82 Å². The van der Waals surface area contributed by atoms with Crippen molar-refractivity contribution in [1.29, 1.82) is 0 Å². The molecule has 1 aromatic carbocycles. The third-order valence-electron chi connectivity index (χ3n) is 3.80. The Labute approximate surface area is 163 Å². The van der Waals surface area contributed by atoms with E-state index in [4.69, 9.17) is 0 Å². The van der Waals surface area contributed by atoms with Gasteiger partial charge in [0.05, 0.1) is 17.1 Å². The van der Waals surface area contributed by atoms with Gasteiger partial charge in [-0.05, 0) is 26.0 Å². The number of carbonyl (C=O) groups is 1. The van der Waals surface area contributed by atoms with Gasteiger partial charge in [0.15, 0.2) is 5.16 Å². The van der Waals surface area contributed by atoms with Gasteiger partial charge in [-0.3, -0.25) is 4.79 Å². The summed E-state index contributed by atoms with van der Waals surface area (Å²) < 4.78 is 40.7. The lowest BCUT2D eigenvalue weighted by molar-refractivity contribution is -0.147. The number of aromatic nitrogens is 5. The van der Waals surface area contributed by atoms with Crippen LogP contribution >= 0.6 is 11.8 Å². The molecule has 1 amide bonds. The van der Waals surface area contributed by atoms with Crippen LogP contribution in [0.4, 0.5) is 19.0 Å². The lowest BCUT2D eigenvalue weighted by Crippen LogP contribution is -2.17. The number of aryl methyl sites for hydroxylation is 2. The molecule has 0 saturated heterocycles. The molecule has 3 rings (SSSR count). The van der Waals surface area contributed by atoms with Crippen LogP contribution in [-0.2, 0) is 18.0 Å². The molecule has 3 aromatic rings. The fraction of sp³-hybridized carbons (Fsp3) is 0.294. The van der Waals surface area contributed by atoms with Gasteiger partial charge >= 0.3 is 6.18 Å². The van der Waals surface area contributed by atoms with Crippen LogP contribution in [0.2, 0.25) is 0 Å². The molecule has 0 spiro atoms. The molecule has 7 nitrogen and oxygen atoms in total. The van der Waals surface area contributed by atoms with Crippen molar-refractivity contribution in [3.8, 4) is 5.69 Å². The molecule has 0 saturated carbocycles. The maximum atomic E-state index is 12.8. The third-order valence-corrected chi connectivity index (χ3v) is 4.82. The summed E-state index contributed by atoms with van der Waals surface area (Å²) in [5, 5.41) is 13.7. The summed E-state index contributed by atoms with van der Waals surface area (Å²) in [6.07, 6.45) is -4.60. The first-order valence-electron chi connectivity index (χ1n) is 8.18. The molecule has 1 N–H and O–H groups in total. The van der Waals surface area contributed by atoms with Crippen molar-refractivity contribution in [3.05, 3.63) is 47.4 Å². The Balaban J connectivity index is 1.69. The van der Waals surface area contributed by atoms with Crippen LogP contribution in [0.15, 0.2) is 35.5 Å². The summed E-state index contributed by atoms with van der Waals surface area (Å²) >= 11 is 0.869. The van der Waals surface area contributed by atoms with Crippen LogP contribution in [0.25, 0.3) is 5.69 Å². The number of hydrogen-bond donors (Lipinski definition) is 1. The van der Waals surface area contributed by atoms with Crippen molar-refractivity contribution in [2.45, 2.75) is 25.2 Å². The topological polar surface area (TPSA) is 77.6 Å². The Hall–Kier alpha value is -2.82. The van der Waals surface area contributed by atoms with Gasteiger partial charge in [-0.2, -0.15) is 18.3 Å². The predicted molar refractivity (Wildman–Crippen MR) is 98.4 cm³/mol. The first kappa shape index (κ1) is 19.9. The average Bonchev–Trinajstić information content (AvgIpc) is 3.16. The van der Waals surface area contributed by atoms with E-state index >= 15 is 0 Å². The number of alkyl halides is 3. The second-order valence-electron chi connectivity index (χ2n) is 6.12. The smallest absolute Gasteiger partial charge is 0.310 e. The van der Waals surface area contributed by atoms with Crippen LogP contribution in [0.5, 0.6) is 0 Å². The second-order valence-corrected chi connectivity index (χ2v) is 7.06. The number of rotatable bonds is 5. The predicted octanol–water partition coefficient (Wildman–Crippen LogP) is 3.37. The van der Waals surface area contributed by atoms with Crippen molar-refractivity contribution in [2.75, 3.05) is 11.1 Å². The summed E-state index contributed by atoms with van der Waals surface area (Å²) in [6, 6.07) is 9.33. The zero-order valence-corrected chi connectivity index (χ0v) is 16.1. The maximum Gasteiger partial charge on any atom is 0.451 e. The molecule has 0 radical (unpaired) electrons. The molecule has 0 atom stereocenters. The van der Waals surface area contributed by atoms with Crippen molar-refractivity contribution in [1.82, 2.24) is 24.5 Å². The monoisotopic (exact) mass is 410 g/mol. The molecule has 2 heterocycles. The summed E-state index contributed by atoms with van der Waals surface area (Å²) in [5.41, 5.74) is 2.59. The first-order chi connectivity index (χ1) is 13.1. The number of nitrogens with one attached hydrogen (secondary N) is 1. The van der Waals surface area contributed by atoms with Crippen molar-refractivity contribution in [3.63, 3.8) is 0 Å². The van der Waals surface area contributed by atoms with E-state index in [1.807, 2.05) is 31.2 Å². The van der Waals surface area contributed by atoms with Crippen molar-refractivity contribution in [2.24, 2.45) is 7.05 Å². The number of thioether (sulfide) groups is 1. The number of nitrogens with zero attached hydrogens (tertiary/aromatic N) is 5. The fourth-order valence-corrected chi connectivity index (χ4v) is 3.18. The average molecular weight is 410 g/mol. The van der Waals surface area contributed by atoms with Crippen LogP contribution < -0.4 is 5.32 Å². The highest BCUT2D eigenvalue weighted by atomic mass is 32.2. The zero-order chi connectivity index (χ0) is 20.5. The molecule has 28 heavy (non-hydrogen) atoms. The summed E-state index contributed by atoms with van der Waals surface area (Å²) in [4.78, 5) is 12.3. The molecule has 0 bridgehead atoms. The molecular formula is C17H17F3N6OS. The highest BCUT2D eigenvalue weighted by Crippen LogP contribution is 2.29. The largest absolute Gasteiger partial charge is 0.451 e. The van der Waals surface area contributed by atoms with Gasteiger partial charge in [-0.1, -0.05) is 29.5 Å². The lowest BCUT2D eigenvalue weighted by atomic mass is 10.2. The number of amides is 1. The quantitative estimate of drug-likeness (QED) is 0.653. The maximum absolute atomic E-state index is 12.8. The lowest BCUT2D eigenvalue weighted by Gasteiger charge is -2.09. The zero-order valence-electron chi connectivity index (χ0n) is 15.3. The van der Waals surface area contributed by atoms with Crippen molar-refractivity contribution >= 4 is 23.5 Å². The minimum Gasteiger partial charge on any atom is -0.310 e. The van der Waals surface area contributed by atoms with E-state index in [1.54, 1.807) is 17.7 Å². The Morgan fingerprint density at radius 3 is 2.46 bits per heavy atom. The van der Waals surface area contributed by atoms with E-state index < -0.39 is 17.9 Å². The van der Waals surface area contributed by atoms with Gasteiger partial charge in [-0.25, -0.2) is 4.68 Å². The number of hydrogen-bond acceptors (Lipinski definition) is 5. The van der Waals surface area contributed by atoms with Gasteiger partial charge in [0.2, 0.25) is 11.7 Å². The van der Waals surface area contributed by atoms with Crippen LogP contribution in [0.1, 0.15) is 17.1 Å². The summed E-state index contributed by atoms with van der Waals surface area (Å²) in [6.45, 7) is 3.77. The van der Waals surface area contributed by atoms with E-state index in [2.05, 4.69) is 20.6 Å². The van der Waals surface area contributed by atoms with E-state index in [0.29, 0.717) is 11.5 Å². The number of halogens is 3. The van der Waals surface area contributed by atoms with Crippen molar-refractivity contribution < 1.29 is 18.0 Å². The first-order valence-corrected chi connectivity index (χ1v) is 9.16. The number of carbonyl (C=O) groups excluding carboxylic acids is 1. The normalized spacial score (nSPS) is 11.6. The van der Waals surface area contributed by atoms with Gasteiger partial charge in [-0.15, -0.1) is 10.2 Å². The highest BCUT2D eigenvalue weighted by Gasteiger charge is 2.37. The van der Waals surface area contributed by atoms with Crippen LogP contribution in [-0.4, -0.2) is 36.2 Å². The molecule has 148 valence electrons. The molecule has 0 aliphatic carbocycles. The summed E-state index contributed by atoms with van der Waals surface area (Å²) in [5.74, 6) is -1.15. The van der Waals surface area contributed by atoms with E-state index in [9.17, 15) is 18.0 Å². The molecule has 0 aliphatic heterocycles. The molecule has 11 heteroatoms. The Morgan fingerprint density at radius 2 is 1.86 bits per heavy atom. The number of benzene rings is 1. The molecule has 0 fully saturated rings. The Bertz CT molecular complexity index is 993. The Kier molecular flexibility index (Phi) is 5.45. The molecule has 0 aliphatic rings. The Morgan fingerprint density at radius 1 is 1.18 bits per heavy atom. The molecular weight excluding hydrogens is 393 g/mol. The minimum atomic E-state index is -4.60. The van der Waals surface area contributed by atoms with Gasteiger partial charge in [0, 0.05) is 13.1 Å². The standard InChI is InChI=1S/C17H17F3N6OS/c1-10-4-6-12(7-5-10)26-13(8-11(2)24-26)21-14(27)9-28-16-23-22-15(25(16)3)17(18,19)20/h4-8H,9H2,1-3H3,(H,21,27). The fourth-order valence-electron chi connectivity index (χ4n) is 2.47. The van der Waals surface area contributed by atoms with Crippen LogP contribution in [0, 0.1) is 13.8 Å². The van der Waals surface area contributed by atoms with Gasteiger partial charge < -0.3 is 9.88 Å². The van der Waals surface area contributed by atoms with Gasteiger partial charge in [0.25, 0.3) is 0 Å². The van der Waals surface area contributed by atoms with E-state index in [0.717, 1.165) is 27.6 Å². The molecule has 2 aromatic heterocycles. The minimum absolute atomic E-state index is 0.00528. The third kappa shape index (κ3) is 4.35. The number of anilines is 1. The highest BCUT2D eigenvalue weighted by molar-refractivity contribution is 7.99.